The van der Waals surface area contributed by atoms with Crippen LogP contribution in [0.5, 0.6) is 0 Å². The minimum Gasteiger partial charge on any atom is -0.481 e. The molecule has 0 spiro atoms. The summed E-state index contributed by atoms with van der Waals surface area (Å²) < 4.78 is 17.5. The summed E-state index contributed by atoms with van der Waals surface area (Å²) in [6.45, 7) is 11.9. The zero-order valence-corrected chi connectivity index (χ0v) is 20.5. The Hall–Kier alpha value is -1.25. The summed E-state index contributed by atoms with van der Waals surface area (Å²) in [7, 11) is 1.62. The highest BCUT2D eigenvalue weighted by Gasteiger charge is 2.56. The molecule has 2 rings (SSSR count). The zero-order valence-electron chi connectivity index (χ0n) is 20.5. The lowest BCUT2D eigenvalue weighted by molar-refractivity contribution is -0.150. The lowest BCUT2D eigenvalue weighted by Gasteiger charge is -2.38. The minimum absolute atomic E-state index is 0.0549. The molecule has 0 radical (unpaired) electrons. The Morgan fingerprint density at radius 3 is 2.53 bits per heavy atom. The smallest absolute Gasteiger partial charge is 0.305 e. The molecule has 32 heavy (non-hydrogen) atoms. The summed E-state index contributed by atoms with van der Waals surface area (Å²) in [5.74, 6) is -0.632. The Balaban J connectivity index is 1.93. The number of aliphatic hydroxyl groups is 2. The SMILES string of the molecule is CO[C@H]([C@@H](C)[C@H]1O[C@]1(C)CC(C)/C=C/C=C(\C)[C@H]1O[C@@H](CC(=O)O)C[C@@H](O)[C@@H]1C)[C@@H](C)O. The van der Waals surface area contributed by atoms with Gasteiger partial charge in [-0.25, -0.2) is 0 Å². The van der Waals surface area contributed by atoms with Crippen molar-refractivity contribution in [3.05, 3.63) is 23.8 Å². The molecule has 2 aliphatic rings. The maximum absolute atomic E-state index is 11.0. The maximum Gasteiger partial charge on any atom is 0.305 e. The zero-order chi connectivity index (χ0) is 24.2. The number of aliphatic carboxylic acids is 1. The predicted octanol–water partition coefficient (Wildman–Crippen LogP) is 3.33. The molecule has 7 nitrogen and oxygen atoms in total. The topological polar surface area (TPSA) is 109 Å². The summed E-state index contributed by atoms with van der Waals surface area (Å²) in [6, 6.07) is 0. The average molecular weight is 455 g/mol. The molecule has 2 fully saturated rings. The number of carboxylic acids is 1. The number of rotatable bonds is 11. The van der Waals surface area contributed by atoms with E-state index in [1.807, 2.05) is 26.0 Å². The number of methoxy groups -OCH3 is 1. The van der Waals surface area contributed by atoms with E-state index in [0.717, 1.165) is 12.0 Å². The van der Waals surface area contributed by atoms with Gasteiger partial charge in [-0.2, -0.15) is 0 Å². The maximum atomic E-state index is 11.0. The van der Waals surface area contributed by atoms with Crippen LogP contribution in [0.2, 0.25) is 0 Å². The van der Waals surface area contributed by atoms with Gasteiger partial charge in [-0.15, -0.1) is 0 Å². The summed E-state index contributed by atoms with van der Waals surface area (Å²) in [5.41, 5.74) is 0.735. The van der Waals surface area contributed by atoms with Crippen molar-refractivity contribution in [1.29, 1.82) is 0 Å². The van der Waals surface area contributed by atoms with Crippen molar-refractivity contribution in [2.75, 3.05) is 7.11 Å². The Morgan fingerprint density at radius 1 is 1.31 bits per heavy atom. The first-order valence-electron chi connectivity index (χ1n) is 11.7. The fourth-order valence-electron chi connectivity index (χ4n) is 5.23. The van der Waals surface area contributed by atoms with Crippen LogP contribution in [-0.4, -0.2) is 70.6 Å². The Bertz CT molecular complexity index is 688. The van der Waals surface area contributed by atoms with Crippen LogP contribution < -0.4 is 0 Å². The standard InChI is InChI=1S/C25H42O7/c1-14(13-25(6)24(32-25)17(4)23(30-7)18(5)26)9-8-10-15(2)22-16(3)20(27)11-19(31-22)12-21(28)29/h8-10,14,16-20,22-24,26-27H,11-13H2,1-7H3,(H,28,29)/b9-8+,15-10+/t14?,16-,17+,18+,19+,20+,22+,23+,24+,25+/m0/s1. The Kier molecular flexibility index (Phi) is 9.49. The highest BCUT2D eigenvalue weighted by molar-refractivity contribution is 5.67. The highest BCUT2D eigenvalue weighted by atomic mass is 16.6. The second-order valence-corrected chi connectivity index (χ2v) is 10.1. The van der Waals surface area contributed by atoms with Gasteiger partial charge in [0.25, 0.3) is 0 Å². The summed E-state index contributed by atoms with van der Waals surface area (Å²) in [5, 5.41) is 29.3. The first kappa shape index (κ1) is 27.0. The number of ether oxygens (including phenoxy) is 3. The van der Waals surface area contributed by atoms with Crippen molar-refractivity contribution in [2.24, 2.45) is 17.8 Å². The minimum atomic E-state index is -0.917. The first-order chi connectivity index (χ1) is 14.9. The Labute approximate surface area is 192 Å². The van der Waals surface area contributed by atoms with Crippen molar-refractivity contribution in [2.45, 2.75) is 103 Å². The molecule has 0 aliphatic carbocycles. The second-order valence-electron chi connectivity index (χ2n) is 10.1. The predicted molar refractivity (Wildman–Crippen MR) is 122 cm³/mol. The summed E-state index contributed by atoms with van der Waals surface area (Å²) in [6.07, 6.45) is 5.12. The third-order valence-electron chi connectivity index (χ3n) is 6.99. The van der Waals surface area contributed by atoms with Crippen molar-refractivity contribution < 1.29 is 34.3 Å². The second kappa shape index (κ2) is 11.3. The quantitative estimate of drug-likeness (QED) is 0.324. The fourth-order valence-corrected chi connectivity index (χ4v) is 5.23. The molecule has 0 aromatic rings. The van der Waals surface area contributed by atoms with Gasteiger partial charge in [0.2, 0.25) is 0 Å². The molecule has 3 N–H and O–H groups in total. The largest absolute Gasteiger partial charge is 0.481 e. The van der Waals surface area contributed by atoms with Gasteiger partial charge >= 0.3 is 5.97 Å². The third kappa shape index (κ3) is 6.87. The molecule has 10 atom stereocenters. The van der Waals surface area contributed by atoms with Crippen LogP contribution >= 0.6 is 0 Å². The molecule has 184 valence electrons. The van der Waals surface area contributed by atoms with Crippen molar-refractivity contribution >= 4 is 5.97 Å². The fraction of sp³-hybridized carbons (Fsp3) is 0.800. The van der Waals surface area contributed by atoms with Crippen molar-refractivity contribution in [3.8, 4) is 0 Å². The molecule has 2 heterocycles. The van der Waals surface area contributed by atoms with Gasteiger partial charge in [-0.1, -0.05) is 39.0 Å². The van der Waals surface area contributed by atoms with Crippen molar-refractivity contribution in [1.82, 2.24) is 0 Å². The molecule has 2 saturated heterocycles. The van der Waals surface area contributed by atoms with E-state index in [1.165, 1.54) is 0 Å². The molecule has 0 amide bonds. The van der Waals surface area contributed by atoms with Crippen LogP contribution in [0.4, 0.5) is 0 Å². The van der Waals surface area contributed by atoms with Crippen LogP contribution in [0.3, 0.4) is 0 Å². The van der Waals surface area contributed by atoms with Gasteiger partial charge in [-0.3, -0.25) is 4.79 Å². The molecule has 0 saturated carbocycles. The molecule has 1 unspecified atom stereocenters. The third-order valence-corrected chi connectivity index (χ3v) is 6.99. The van der Waals surface area contributed by atoms with Crippen LogP contribution in [0.1, 0.15) is 60.8 Å². The molecule has 2 aliphatic heterocycles. The van der Waals surface area contributed by atoms with E-state index in [1.54, 1.807) is 14.0 Å². The number of aliphatic hydroxyl groups excluding tert-OH is 2. The molecule has 0 aromatic heterocycles. The van der Waals surface area contributed by atoms with Crippen molar-refractivity contribution in [3.63, 3.8) is 0 Å². The molecule has 0 bridgehead atoms. The van der Waals surface area contributed by atoms with Crippen LogP contribution in [0, 0.1) is 17.8 Å². The van der Waals surface area contributed by atoms with Gasteiger partial charge in [0.05, 0.1) is 48.6 Å². The monoisotopic (exact) mass is 454 g/mol. The van der Waals surface area contributed by atoms with E-state index in [-0.39, 0.29) is 48.1 Å². The molecule has 7 heteroatoms. The van der Waals surface area contributed by atoms with Gasteiger partial charge in [0.15, 0.2) is 0 Å². The highest BCUT2D eigenvalue weighted by Crippen LogP contribution is 2.47. The molecule has 0 aromatic carbocycles. The number of hydrogen-bond donors (Lipinski definition) is 3. The van der Waals surface area contributed by atoms with Gasteiger partial charge < -0.3 is 29.5 Å². The van der Waals surface area contributed by atoms with E-state index in [2.05, 4.69) is 26.8 Å². The van der Waals surface area contributed by atoms with E-state index >= 15 is 0 Å². The van der Waals surface area contributed by atoms with Gasteiger partial charge in [0, 0.05) is 25.4 Å². The lowest BCUT2D eigenvalue weighted by Crippen LogP contribution is -2.44. The average Bonchev–Trinajstić information content (AvgIpc) is 3.34. The van der Waals surface area contributed by atoms with E-state index in [4.69, 9.17) is 19.3 Å². The Morgan fingerprint density at radius 2 is 1.97 bits per heavy atom. The number of carboxylic acid groups (broad SMARTS) is 1. The lowest BCUT2D eigenvalue weighted by atomic mass is 9.85. The summed E-state index contributed by atoms with van der Waals surface area (Å²) >= 11 is 0. The van der Waals surface area contributed by atoms with Crippen LogP contribution in [0.15, 0.2) is 23.8 Å². The van der Waals surface area contributed by atoms with E-state index in [0.29, 0.717) is 6.42 Å². The molecular formula is C25H42O7. The first-order valence-corrected chi connectivity index (χ1v) is 11.7. The van der Waals surface area contributed by atoms with Gasteiger partial charge in [0.1, 0.15) is 0 Å². The van der Waals surface area contributed by atoms with Crippen LogP contribution in [-0.2, 0) is 19.0 Å². The number of allylic oxidation sites excluding steroid dienone is 3. The number of carbonyl (C=O) groups is 1. The van der Waals surface area contributed by atoms with E-state index < -0.39 is 24.3 Å². The van der Waals surface area contributed by atoms with Gasteiger partial charge in [-0.05, 0) is 38.7 Å². The number of hydrogen-bond acceptors (Lipinski definition) is 6. The number of epoxide rings is 1. The summed E-state index contributed by atoms with van der Waals surface area (Å²) in [4.78, 5) is 11.0. The van der Waals surface area contributed by atoms with Crippen LogP contribution in [0.25, 0.3) is 0 Å². The normalized spacial score (nSPS) is 37.2. The van der Waals surface area contributed by atoms with E-state index in [9.17, 15) is 15.0 Å². The molecular weight excluding hydrogens is 412 g/mol.